The van der Waals surface area contributed by atoms with E-state index in [-0.39, 0.29) is 32.2 Å². The molecule has 0 aliphatic heterocycles. The van der Waals surface area contributed by atoms with Crippen molar-refractivity contribution >= 4 is 17.9 Å². The number of nitrogens with zero attached hydrogens (tertiary/aromatic N) is 1. The van der Waals surface area contributed by atoms with Gasteiger partial charge >= 0.3 is 11.9 Å². The van der Waals surface area contributed by atoms with Crippen LogP contribution in [-0.2, 0) is 33.3 Å². The van der Waals surface area contributed by atoms with Crippen LogP contribution in [-0.4, -0.2) is 82.3 Å². The molecule has 474 valence electrons. The number of unbranched alkanes of at least 4 members (excludes halogenated alkanes) is 42. The third-order valence-corrected chi connectivity index (χ3v) is 15.5. The number of carboxylic acid groups (broad SMARTS) is 1. The van der Waals surface area contributed by atoms with Gasteiger partial charge in [0.2, 0.25) is 0 Å². The van der Waals surface area contributed by atoms with E-state index in [4.69, 9.17) is 18.9 Å². The van der Waals surface area contributed by atoms with Gasteiger partial charge in [0.1, 0.15) is 13.2 Å². The molecule has 2 atom stereocenters. The summed E-state index contributed by atoms with van der Waals surface area (Å²) in [5.74, 6) is -2.26. The van der Waals surface area contributed by atoms with Crippen LogP contribution in [0.5, 0.6) is 0 Å². The minimum absolute atomic E-state index is 0.149. The summed E-state index contributed by atoms with van der Waals surface area (Å²) in [6.07, 6.45) is 77.6. The molecule has 0 bridgehead atoms. The third kappa shape index (κ3) is 64.7. The Morgan fingerprint density at radius 2 is 0.667 bits per heavy atom. The molecule has 0 aliphatic rings. The van der Waals surface area contributed by atoms with E-state index in [0.29, 0.717) is 23.9 Å². The number of aliphatic carboxylic acids is 1. The van der Waals surface area contributed by atoms with Crippen molar-refractivity contribution in [1.82, 2.24) is 0 Å². The number of quaternary nitrogens is 1. The van der Waals surface area contributed by atoms with E-state index in [1.807, 2.05) is 21.1 Å². The number of allylic oxidation sites excluding steroid dienone is 8. The lowest BCUT2D eigenvalue weighted by Gasteiger charge is -2.26. The zero-order chi connectivity index (χ0) is 59.1. The minimum atomic E-state index is -1.62. The van der Waals surface area contributed by atoms with Crippen LogP contribution < -0.4 is 5.11 Å². The lowest BCUT2D eigenvalue weighted by atomic mass is 10.0. The van der Waals surface area contributed by atoms with Crippen LogP contribution in [0.15, 0.2) is 48.6 Å². The molecular formula is C72H133NO8. The number of carbonyl (C=O) groups is 3. The molecule has 2 unspecified atom stereocenters. The minimum Gasteiger partial charge on any atom is -0.545 e. The first-order chi connectivity index (χ1) is 39.6. The van der Waals surface area contributed by atoms with Crippen LogP contribution in [0.25, 0.3) is 0 Å². The summed E-state index contributed by atoms with van der Waals surface area (Å²) >= 11 is 0. The Labute approximate surface area is 502 Å². The molecule has 0 amide bonds. The van der Waals surface area contributed by atoms with Crippen LogP contribution in [0, 0.1) is 0 Å². The number of ether oxygens (including phenoxy) is 4. The highest BCUT2D eigenvalue weighted by Crippen LogP contribution is 2.18. The fourth-order valence-electron chi connectivity index (χ4n) is 10.2. The molecule has 0 aliphatic carbocycles. The van der Waals surface area contributed by atoms with E-state index in [9.17, 15) is 19.5 Å². The van der Waals surface area contributed by atoms with Crippen molar-refractivity contribution in [2.75, 3.05) is 47.5 Å². The molecule has 0 saturated heterocycles. The topological polar surface area (TPSA) is 111 Å². The summed E-state index contributed by atoms with van der Waals surface area (Å²) in [4.78, 5) is 37.5. The molecule has 9 nitrogen and oxygen atoms in total. The highest BCUT2D eigenvalue weighted by atomic mass is 16.7. The maximum atomic E-state index is 12.9. The predicted molar refractivity (Wildman–Crippen MR) is 343 cm³/mol. The Hall–Kier alpha value is -2.75. The van der Waals surface area contributed by atoms with E-state index >= 15 is 0 Å². The van der Waals surface area contributed by atoms with Crippen LogP contribution in [0.3, 0.4) is 0 Å². The molecule has 0 rings (SSSR count). The van der Waals surface area contributed by atoms with Gasteiger partial charge in [-0.1, -0.05) is 294 Å². The molecule has 0 fully saturated rings. The summed E-state index contributed by atoms with van der Waals surface area (Å²) in [5, 5.41) is 11.8. The van der Waals surface area contributed by atoms with Crippen molar-refractivity contribution in [3.05, 3.63) is 48.6 Å². The van der Waals surface area contributed by atoms with Crippen molar-refractivity contribution in [2.45, 2.75) is 347 Å². The molecule has 0 N–H and O–H groups in total. The van der Waals surface area contributed by atoms with Gasteiger partial charge in [0.05, 0.1) is 40.3 Å². The summed E-state index contributed by atoms with van der Waals surface area (Å²) in [6.45, 7) is 4.79. The molecule has 0 spiro atoms. The summed E-state index contributed by atoms with van der Waals surface area (Å²) in [7, 11) is 5.94. The monoisotopic (exact) mass is 1140 g/mol. The Balaban J connectivity index is 4.10. The average molecular weight is 1140 g/mol. The van der Waals surface area contributed by atoms with Gasteiger partial charge in [0.15, 0.2) is 12.4 Å². The number of carboxylic acids is 1. The number of carbonyl (C=O) groups excluding carboxylic acids is 3. The van der Waals surface area contributed by atoms with E-state index in [2.05, 4.69) is 62.5 Å². The van der Waals surface area contributed by atoms with Crippen molar-refractivity contribution in [3.8, 4) is 0 Å². The second-order valence-corrected chi connectivity index (χ2v) is 24.8. The predicted octanol–water partition coefficient (Wildman–Crippen LogP) is 20.0. The van der Waals surface area contributed by atoms with Crippen molar-refractivity contribution in [1.29, 1.82) is 0 Å². The maximum absolute atomic E-state index is 12.9. The highest BCUT2D eigenvalue weighted by Gasteiger charge is 2.22. The quantitative estimate of drug-likeness (QED) is 0.0195. The third-order valence-electron chi connectivity index (χ3n) is 15.5. The molecule has 9 heteroatoms. The van der Waals surface area contributed by atoms with Gasteiger partial charge in [0, 0.05) is 12.8 Å². The first kappa shape index (κ1) is 78.2. The van der Waals surface area contributed by atoms with Gasteiger partial charge in [0.25, 0.3) is 0 Å². The second-order valence-electron chi connectivity index (χ2n) is 24.8. The van der Waals surface area contributed by atoms with Gasteiger partial charge in [-0.2, -0.15) is 0 Å². The molecule has 81 heavy (non-hydrogen) atoms. The summed E-state index contributed by atoms with van der Waals surface area (Å²) in [6, 6.07) is 0. The standard InChI is InChI=1S/C72H133NO8/c1-6-8-10-12-14-16-18-20-22-24-26-28-30-32-33-34-35-36-37-39-41-43-45-47-49-51-53-55-57-59-61-63-70(75)81-68(67-80-72(71(76)77)78-65-64-73(3,4)5)66-79-69(74)62-60-58-56-54-52-50-48-46-44-42-40-38-31-29-27-25-23-21-19-17-15-13-11-9-7-2/h18,20,24-27,30,32,68,72H,6-17,19,21-23,28-29,31,33-67H2,1-5H3/b20-18-,26-24-,27-25-,32-30-. The van der Waals surface area contributed by atoms with Crippen LogP contribution in [0.4, 0.5) is 0 Å². The van der Waals surface area contributed by atoms with Crippen LogP contribution >= 0.6 is 0 Å². The second kappa shape index (κ2) is 63.3. The van der Waals surface area contributed by atoms with Gasteiger partial charge in [-0.05, 0) is 77.0 Å². The Bertz CT molecular complexity index is 1470. The summed E-state index contributed by atoms with van der Waals surface area (Å²) < 4.78 is 22.8. The first-order valence-electron chi connectivity index (χ1n) is 34.8. The van der Waals surface area contributed by atoms with Crippen molar-refractivity contribution in [2.24, 2.45) is 0 Å². The molecule has 0 aromatic heterocycles. The molecule has 0 heterocycles. The van der Waals surface area contributed by atoms with Crippen LogP contribution in [0.1, 0.15) is 335 Å². The summed E-state index contributed by atoms with van der Waals surface area (Å²) in [5.41, 5.74) is 0. The Kier molecular flexibility index (Phi) is 61.1. The lowest BCUT2D eigenvalue weighted by Crippen LogP contribution is -2.44. The van der Waals surface area contributed by atoms with Gasteiger partial charge in [-0.15, -0.1) is 0 Å². The lowest BCUT2D eigenvalue weighted by molar-refractivity contribution is -0.870. The number of hydrogen-bond acceptors (Lipinski definition) is 8. The first-order valence-corrected chi connectivity index (χ1v) is 34.8. The highest BCUT2D eigenvalue weighted by molar-refractivity contribution is 5.70. The Morgan fingerprint density at radius 3 is 1.00 bits per heavy atom. The van der Waals surface area contributed by atoms with E-state index in [1.165, 1.54) is 257 Å². The molecule has 0 radical (unpaired) electrons. The normalized spacial score (nSPS) is 13.0. The zero-order valence-corrected chi connectivity index (χ0v) is 54.2. The van der Waals surface area contributed by atoms with Gasteiger partial charge < -0.3 is 33.3 Å². The largest absolute Gasteiger partial charge is 0.545 e. The van der Waals surface area contributed by atoms with E-state index in [1.54, 1.807) is 0 Å². The van der Waals surface area contributed by atoms with Gasteiger partial charge in [-0.3, -0.25) is 9.59 Å². The fraction of sp³-hybridized carbons (Fsp3) is 0.847. The molecule has 0 aromatic rings. The number of rotatable bonds is 65. The van der Waals surface area contributed by atoms with Gasteiger partial charge in [-0.25, -0.2) is 0 Å². The molecule has 0 aromatic carbocycles. The fourth-order valence-corrected chi connectivity index (χ4v) is 10.2. The molecular weight excluding hydrogens is 1010 g/mol. The SMILES string of the molecule is CCCCCCC/C=C\C/C=C\C/C=C\CCCCCCCCCCCCCCCCCCC(=O)OC(COC(=O)CCCCCCCCCCCCCCC/C=C\CCCCCCCCCC)COC(OCC[N+](C)(C)C)C(=O)[O-]. The number of likely N-dealkylation sites (N-methyl/N-ethyl adjacent to an activating group) is 1. The average Bonchev–Trinajstić information content (AvgIpc) is 3.44. The van der Waals surface area contributed by atoms with Crippen molar-refractivity contribution < 1.29 is 42.9 Å². The number of hydrogen-bond donors (Lipinski definition) is 0. The number of esters is 2. The smallest absolute Gasteiger partial charge is 0.306 e. The molecule has 0 saturated carbocycles. The van der Waals surface area contributed by atoms with Crippen molar-refractivity contribution in [3.63, 3.8) is 0 Å². The Morgan fingerprint density at radius 1 is 0.370 bits per heavy atom. The zero-order valence-electron chi connectivity index (χ0n) is 54.2. The maximum Gasteiger partial charge on any atom is 0.306 e. The van der Waals surface area contributed by atoms with E-state index < -0.39 is 24.3 Å². The van der Waals surface area contributed by atoms with E-state index in [0.717, 1.165) is 44.9 Å². The van der Waals surface area contributed by atoms with Crippen LogP contribution in [0.2, 0.25) is 0 Å².